The van der Waals surface area contributed by atoms with Gasteiger partial charge in [-0.05, 0) is 44.4 Å². The Kier molecular flexibility index (Phi) is 1.68. The minimum absolute atomic E-state index is 0.0153. The van der Waals surface area contributed by atoms with E-state index < -0.39 is 5.54 Å². The number of rotatable bonds is 2. The molecule has 1 aliphatic heterocycles. The molecule has 2 atom stereocenters. The van der Waals surface area contributed by atoms with Gasteiger partial charge in [-0.25, -0.2) is 0 Å². The Balaban J connectivity index is 1.79. The first-order chi connectivity index (χ1) is 7.11. The molecule has 2 saturated carbocycles. The number of hydrogen-bond acceptors (Lipinski definition) is 2. The molecule has 2 aliphatic carbocycles. The molecule has 2 unspecified atom stereocenters. The Bertz CT molecular complexity index is 333. The third kappa shape index (κ3) is 1.34. The second-order valence-electron chi connectivity index (χ2n) is 5.25. The van der Waals surface area contributed by atoms with Crippen LogP contribution < -0.4 is 10.6 Å². The van der Waals surface area contributed by atoms with Gasteiger partial charge < -0.3 is 10.6 Å². The lowest BCUT2D eigenvalue weighted by Crippen LogP contribution is -2.69. The molecular formula is C11H16N2O2. The van der Waals surface area contributed by atoms with Gasteiger partial charge in [-0.3, -0.25) is 9.59 Å². The Morgan fingerprint density at radius 3 is 2.40 bits per heavy atom. The standard InChI is InChI=1S/C11H16N2O2/c1-11(7-4-5-7)10(15)12-8(6-2-3-6)9(14)13-11/h6-8H,2-5H2,1H3,(H,12,15)(H,13,14). The Labute approximate surface area is 88.8 Å². The Hall–Kier alpha value is -1.06. The van der Waals surface area contributed by atoms with Crippen molar-refractivity contribution in [2.75, 3.05) is 0 Å². The van der Waals surface area contributed by atoms with E-state index in [2.05, 4.69) is 10.6 Å². The number of hydrogen-bond donors (Lipinski definition) is 2. The van der Waals surface area contributed by atoms with Crippen molar-refractivity contribution in [3.63, 3.8) is 0 Å². The van der Waals surface area contributed by atoms with Crippen LogP contribution in [0.1, 0.15) is 32.6 Å². The fraction of sp³-hybridized carbons (Fsp3) is 0.818. The van der Waals surface area contributed by atoms with Gasteiger partial charge in [-0.1, -0.05) is 0 Å². The van der Waals surface area contributed by atoms with Gasteiger partial charge in [0.1, 0.15) is 11.6 Å². The molecule has 0 aromatic heterocycles. The molecule has 1 saturated heterocycles. The third-order valence-electron chi connectivity index (χ3n) is 3.91. The highest BCUT2D eigenvalue weighted by Crippen LogP contribution is 2.42. The second-order valence-corrected chi connectivity index (χ2v) is 5.25. The van der Waals surface area contributed by atoms with E-state index in [0.717, 1.165) is 25.7 Å². The van der Waals surface area contributed by atoms with Crippen LogP contribution in [0.4, 0.5) is 0 Å². The summed E-state index contributed by atoms with van der Waals surface area (Å²) in [7, 11) is 0. The molecule has 0 radical (unpaired) electrons. The number of piperazine rings is 1. The predicted octanol–water partition coefficient (Wildman–Crippen LogP) is 0.180. The monoisotopic (exact) mass is 208 g/mol. The zero-order chi connectivity index (χ0) is 10.6. The fourth-order valence-electron chi connectivity index (χ4n) is 2.46. The van der Waals surface area contributed by atoms with Crippen molar-refractivity contribution in [1.82, 2.24) is 10.6 Å². The Morgan fingerprint density at radius 1 is 1.20 bits per heavy atom. The molecule has 82 valence electrons. The van der Waals surface area contributed by atoms with E-state index in [0.29, 0.717) is 11.8 Å². The normalized spacial score (nSPS) is 41.0. The summed E-state index contributed by atoms with van der Waals surface area (Å²) in [5.74, 6) is 0.771. The van der Waals surface area contributed by atoms with Gasteiger partial charge in [-0.2, -0.15) is 0 Å². The summed E-state index contributed by atoms with van der Waals surface area (Å²) in [5.41, 5.74) is -0.636. The lowest BCUT2D eigenvalue weighted by Gasteiger charge is -2.37. The van der Waals surface area contributed by atoms with Gasteiger partial charge in [0.05, 0.1) is 0 Å². The maximum Gasteiger partial charge on any atom is 0.246 e. The summed E-state index contributed by atoms with van der Waals surface area (Å²) in [6, 6.07) is -0.260. The molecule has 2 amide bonds. The summed E-state index contributed by atoms with van der Waals surface area (Å²) >= 11 is 0. The molecule has 3 aliphatic rings. The first-order valence-corrected chi connectivity index (χ1v) is 5.74. The summed E-state index contributed by atoms with van der Waals surface area (Å²) in [4.78, 5) is 23.8. The van der Waals surface area contributed by atoms with Gasteiger partial charge >= 0.3 is 0 Å². The Morgan fingerprint density at radius 2 is 1.87 bits per heavy atom. The number of amides is 2. The van der Waals surface area contributed by atoms with Gasteiger partial charge in [0.25, 0.3) is 0 Å². The van der Waals surface area contributed by atoms with E-state index >= 15 is 0 Å². The maximum atomic E-state index is 12.0. The van der Waals surface area contributed by atoms with Crippen LogP contribution in [0.2, 0.25) is 0 Å². The zero-order valence-electron chi connectivity index (χ0n) is 8.88. The van der Waals surface area contributed by atoms with E-state index in [-0.39, 0.29) is 17.9 Å². The topological polar surface area (TPSA) is 58.2 Å². The summed E-state index contributed by atoms with van der Waals surface area (Å²) in [6.07, 6.45) is 4.24. The van der Waals surface area contributed by atoms with Crippen LogP contribution in [0.3, 0.4) is 0 Å². The van der Waals surface area contributed by atoms with E-state index in [1.165, 1.54) is 0 Å². The van der Waals surface area contributed by atoms with Gasteiger partial charge in [0, 0.05) is 0 Å². The average Bonchev–Trinajstić information content (AvgIpc) is 3.04. The molecule has 4 nitrogen and oxygen atoms in total. The number of carbonyl (C=O) groups is 2. The van der Waals surface area contributed by atoms with Crippen LogP contribution in [-0.4, -0.2) is 23.4 Å². The first kappa shape index (κ1) is 9.19. The number of carbonyl (C=O) groups excluding carboxylic acids is 2. The van der Waals surface area contributed by atoms with E-state index in [9.17, 15) is 9.59 Å². The lowest BCUT2D eigenvalue weighted by atomic mass is 9.90. The van der Waals surface area contributed by atoms with Crippen molar-refractivity contribution in [3.8, 4) is 0 Å². The average molecular weight is 208 g/mol. The summed E-state index contributed by atoms with van der Waals surface area (Å²) < 4.78 is 0. The minimum Gasteiger partial charge on any atom is -0.342 e. The molecule has 1 heterocycles. The molecule has 4 heteroatoms. The van der Waals surface area contributed by atoms with E-state index in [1.807, 2.05) is 6.92 Å². The van der Waals surface area contributed by atoms with Crippen molar-refractivity contribution in [2.45, 2.75) is 44.2 Å². The highest BCUT2D eigenvalue weighted by Gasteiger charge is 2.54. The highest BCUT2D eigenvalue weighted by molar-refractivity contribution is 6.00. The van der Waals surface area contributed by atoms with Gasteiger partial charge in [0.15, 0.2) is 0 Å². The highest BCUT2D eigenvalue weighted by atomic mass is 16.2. The van der Waals surface area contributed by atoms with Crippen LogP contribution in [0.15, 0.2) is 0 Å². The fourth-order valence-corrected chi connectivity index (χ4v) is 2.46. The van der Waals surface area contributed by atoms with E-state index in [1.54, 1.807) is 0 Å². The minimum atomic E-state index is -0.636. The largest absolute Gasteiger partial charge is 0.342 e. The molecule has 0 bridgehead atoms. The van der Waals surface area contributed by atoms with Crippen LogP contribution in [0, 0.1) is 11.8 Å². The van der Waals surface area contributed by atoms with Gasteiger partial charge in [0.2, 0.25) is 11.8 Å². The van der Waals surface area contributed by atoms with Crippen LogP contribution >= 0.6 is 0 Å². The second kappa shape index (κ2) is 2.74. The lowest BCUT2D eigenvalue weighted by molar-refractivity contribution is -0.142. The van der Waals surface area contributed by atoms with Crippen LogP contribution in [0.25, 0.3) is 0 Å². The van der Waals surface area contributed by atoms with Crippen molar-refractivity contribution >= 4 is 11.8 Å². The molecule has 15 heavy (non-hydrogen) atoms. The van der Waals surface area contributed by atoms with Crippen molar-refractivity contribution in [1.29, 1.82) is 0 Å². The van der Waals surface area contributed by atoms with Crippen LogP contribution in [-0.2, 0) is 9.59 Å². The number of nitrogens with one attached hydrogen (secondary N) is 2. The molecule has 3 fully saturated rings. The SMILES string of the molecule is CC1(C2CC2)NC(=O)C(C2CC2)NC1=O. The molecule has 0 aromatic carbocycles. The van der Waals surface area contributed by atoms with Gasteiger partial charge in [-0.15, -0.1) is 0 Å². The summed E-state index contributed by atoms with van der Waals surface area (Å²) in [6.45, 7) is 1.85. The molecule has 2 N–H and O–H groups in total. The van der Waals surface area contributed by atoms with Crippen LogP contribution in [0.5, 0.6) is 0 Å². The molecular weight excluding hydrogens is 192 g/mol. The third-order valence-corrected chi connectivity index (χ3v) is 3.91. The molecule has 3 rings (SSSR count). The smallest absolute Gasteiger partial charge is 0.246 e. The quantitative estimate of drug-likeness (QED) is 0.680. The van der Waals surface area contributed by atoms with Crippen molar-refractivity contribution < 1.29 is 9.59 Å². The van der Waals surface area contributed by atoms with Crippen molar-refractivity contribution in [3.05, 3.63) is 0 Å². The molecule has 0 aromatic rings. The predicted molar refractivity (Wildman–Crippen MR) is 53.9 cm³/mol. The maximum absolute atomic E-state index is 12.0. The van der Waals surface area contributed by atoms with E-state index in [4.69, 9.17) is 0 Å². The zero-order valence-corrected chi connectivity index (χ0v) is 8.88. The summed E-state index contributed by atoms with van der Waals surface area (Å²) in [5, 5.41) is 5.81. The molecule has 0 spiro atoms. The van der Waals surface area contributed by atoms with Crippen molar-refractivity contribution in [2.24, 2.45) is 11.8 Å². The first-order valence-electron chi connectivity index (χ1n) is 5.74.